The first kappa shape index (κ1) is 26.0. The third kappa shape index (κ3) is 4.10. The van der Waals surface area contributed by atoms with Crippen LogP contribution in [0.1, 0.15) is 63.1 Å². The van der Waals surface area contributed by atoms with Crippen LogP contribution in [0.15, 0.2) is 53.7 Å². The summed E-state index contributed by atoms with van der Waals surface area (Å²) in [7, 11) is 1.68. The van der Waals surface area contributed by atoms with Crippen molar-refractivity contribution in [3.63, 3.8) is 0 Å². The molecule has 2 fully saturated rings. The van der Waals surface area contributed by atoms with Crippen molar-refractivity contribution in [2.45, 2.75) is 58.2 Å². The van der Waals surface area contributed by atoms with E-state index < -0.39 is 12.1 Å². The van der Waals surface area contributed by atoms with Crippen LogP contribution >= 0.6 is 0 Å². The molecule has 0 radical (unpaired) electrons. The lowest BCUT2D eigenvalue weighted by Gasteiger charge is -2.34. The molecule has 2 aromatic heterocycles. The Bertz CT molecular complexity index is 1700. The number of aliphatic hydroxyl groups is 1. The normalized spacial score (nSPS) is 22.3. The van der Waals surface area contributed by atoms with E-state index in [1.807, 2.05) is 12.1 Å². The third-order valence-electron chi connectivity index (χ3n) is 9.17. The average molecular weight is 552 g/mol. The summed E-state index contributed by atoms with van der Waals surface area (Å²) in [5, 5.41) is 14.0. The Morgan fingerprint density at radius 3 is 2.61 bits per heavy atom. The number of aromatic nitrogens is 2. The number of fused-ring (bicyclic) bond motifs is 2. The number of methoxy groups -OCH3 is 1. The Kier molecular flexibility index (Phi) is 6.27. The summed E-state index contributed by atoms with van der Waals surface area (Å²) in [6.45, 7) is 8.11. The van der Waals surface area contributed by atoms with Gasteiger partial charge in [0.15, 0.2) is 0 Å². The highest BCUT2D eigenvalue weighted by molar-refractivity contribution is 6.05. The maximum Gasteiger partial charge on any atom is 0.221 e. The molecule has 0 saturated carbocycles. The molecule has 1 N–H and O–H groups in total. The second kappa shape index (κ2) is 9.87. The zero-order valence-electron chi connectivity index (χ0n) is 24.2. The Morgan fingerprint density at radius 1 is 1.07 bits per heavy atom. The quantitative estimate of drug-likeness (QED) is 0.348. The fourth-order valence-corrected chi connectivity index (χ4v) is 7.17. The molecule has 4 aromatic rings. The van der Waals surface area contributed by atoms with Gasteiger partial charge in [0.25, 0.3) is 0 Å². The number of carbonyl (C=O) groups excluding carboxylic acids is 1. The Labute approximate surface area is 240 Å². The first-order valence-corrected chi connectivity index (χ1v) is 14.8. The number of rotatable bonds is 4. The second-order valence-corrected chi connectivity index (χ2v) is 11.9. The van der Waals surface area contributed by atoms with Crippen LogP contribution < -0.4 is 9.64 Å². The lowest BCUT2D eigenvalue weighted by molar-refractivity contribution is -0.137. The number of benzene rings is 2. The Balaban J connectivity index is 1.54. The van der Waals surface area contributed by atoms with Crippen molar-refractivity contribution in [3.05, 3.63) is 59.8 Å². The zero-order valence-corrected chi connectivity index (χ0v) is 24.2. The summed E-state index contributed by atoms with van der Waals surface area (Å²) in [4.78, 5) is 27.1. The maximum absolute atomic E-state index is 12.7. The van der Waals surface area contributed by atoms with E-state index in [1.54, 1.807) is 12.0 Å². The summed E-state index contributed by atoms with van der Waals surface area (Å²) in [5.74, 6) is 0.950. The minimum Gasteiger partial charge on any atom is -0.497 e. The van der Waals surface area contributed by atoms with Crippen molar-refractivity contribution < 1.29 is 14.6 Å². The van der Waals surface area contributed by atoms with Gasteiger partial charge >= 0.3 is 0 Å². The number of pyridine rings is 1. The van der Waals surface area contributed by atoms with Gasteiger partial charge in [0.1, 0.15) is 17.8 Å². The van der Waals surface area contributed by atoms with Crippen molar-refractivity contribution >= 4 is 44.9 Å². The molecule has 0 bridgehead atoms. The molecule has 3 aliphatic rings. The minimum atomic E-state index is -0.983. The summed E-state index contributed by atoms with van der Waals surface area (Å²) in [6, 6.07) is 14.8. The predicted octanol–water partition coefficient (Wildman–Crippen LogP) is 5.78. The van der Waals surface area contributed by atoms with E-state index in [-0.39, 0.29) is 17.9 Å². The molecule has 41 heavy (non-hydrogen) atoms. The summed E-state index contributed by atoms with van der Waals surface area (Å²) in [5.41, 5.74) is 5.97. The fraction of sp³-hybridized carbons (Fsp3) is 0.424. The molecule has 3 atom stereocenters. The van der Waals surface area contributed by atoms with Crippen LogP contribution in [0.3, 0.4) is 0 Å². The van der Waals surface area contributed by atoms with Crippen LogP contribution in [0.4, 0.5) is 11.5 Å². The lowest BCUT2D eigenvalue weighted by Crippen LogP contribution is -2.38. The van der Waals surface area contributed by atoms with Crippen LogP contribution in [0.2, 0.25) is 0 Å². The monoisotopic (exact) mass is 551 g/mol. The number of ether oxygens (including phenoxy) is 1. The average Bonchev–Trinajstić information content (AvgIpc) is 3.48. The summed E-state index contributed by atoms with van der Waals surface area (Å²) < 4.78 is 7.85. The van der Waals surface area contributed by atoms with Gasteiger partial charge in [0.05, 0.1) is 36.3 Å². The van der Waals surface area contributed by atoms with Crippen molar-refractivity contribution in [1.29, 1.82) is 0 Å². The van der Waals surface area contributed by atoms with Gasteiger partial charge in [-0.25, -0.2) is 4.98 Å². The van der Waals surface area contributed by atoms with Crippen LogP contribution in [0.5, 0.6) is 5.75 Å². The zero-order chi connectivity index (χ0) is 28.4. The molecule has 8 heteroatoms. The van der Waals surface area contributed by atoms with Gasteiger partial charge in [-0.15, -0.1) is 0 Å². The highest BCUT2D eigenvalue weighted by Gasteiger charge is 2.48. The number of carbonyl (C=O) groups is 1. The number of piperidine rings is 1. The Morgan fingerprint density at radius 2 is 1.88 bits per heavy atom. The summed E-state index contributed by atoms with van der Waals surface area (Å²) in [6.07, 6.45) is 4.73. The minimum absolute atomic E-state index is 0.148. The smallest absolute Gasteiger partial charge is 0.221 e. The van der Waals surface area contributed by atoms with E-state index in [4.69, 9.17) is 14.7 Å². The number of hydrogen-bond donors (Lipinski definition) is 1. The number of anilines is 1. The molecule has 2 aromatic carbocycles. The lowest BCUT2D eigenvalue weighted by atomic mass is 9.78. The highest BCUT2D eigenvalue weighted by Crippen LogP contribution is 2.50. The largest absolute Gasteiger partial charge is 0.497 e. The van der Waals surface area contributed by atoms with Gasteiger partial charge < -0.3 is 24.2 Å². The predicted molar refractivity (Wildman–Crippen MR) is 163 cm³/mol. The number of aliphatic hydroxyl groups excluding tert-OH is 1. The molecule has 5 heterocycles. The van der Waals surface area contributed by atoms with E-state index in [0.717, 1.165) is 81.8 Å². The summed E-state index contributed by atoms with van der Waals surface area (Å²) >= 11 is 0. The maximum atomic E-state index is 12.7. The molecule has 0 unspecified atom stereocenters. The van der Waals surface area contributed by atoms with Gasteiger partial charge in [0, 0.05) is 66.3 Å². The molecule has 0 spiro atoms. The van der Waals surface area contributed by atoms with E-state index in [2.05, 4.69) is 59.8 Å². The standard InChI is InChI=1S/C33H37N5O3/c1-19(2)37-17-24-29(31-27(18-38(20(3)39)33(31)40)34-25-9-8-10-28(37)30(24)25)23-15-21-11-12-22(41-4)16-26(21)35-32(23)36-13-6-5-7-14-36/h8-12,15-17,19,29,31,33,40H,5-7,13-14,18H2,1-4H3/t29-,31+,33+/m1/s1. The Hall–Kier alpha value is -3.91. The van der Waals surface area contributed by atoms with Gasteiger partial charge in [-0.3, -0.25) is 9.79 Å². The van der Waals surface area contributed by atoms with Crippen LogP contribution in [0.25, 0.3) is 21.8 Å². The fourth-order valence-electron chi connectivity index (χ4n) is 7.17. The number of likely N-dealkylation sites (tertiary alicyclic amines) is 1. The van der Waals surface area contributed by atoms with Gasteiger partial charge in [-0.1, -0.05) is 6.07 Å². The van der Waals surface area contributed by atoms with Crippen molar-refractivity contribution in [1.82, 2.24) is 14.5 Å². The van der Waals surface area contributed by atoms with Gasteiger partial charge in [-0.05, 0) is 69.0 Å². The van der Waals surface area contributed by atoms with Gasteiger partial charge in [0.2, 0.25) is 5.91 Å². The van der Waals surface area contributed by atoms with Crippen LogP contribution in [-0.4, -0.2) is 64.1 Å². The second-order valence-electron chi connectivity index (χ2n) is 11.9. The van der Waals surface area contributed by atoms with E-state index in [1.165, 1.54) is 13.3 Å². The number of nitrogens with zero attached hydrogens (tertiary/aromatic N) is 5. The molecule has 2 saturated heterocycles. The van der Waals surface area contributed by atoms with Gasteiger partial charge in [-0.2, -0.15) is 0 Å². The number of aliphatic imine (C=N–C) groups is 1. The highest BCUT2D eigenvalue weighted by atomic mass is 16.5. The first-order chi connectivity index (χ1) is 19.9. The van der Waals surface area contributed by atoms with E-state index in [9.17, 15) is 9.90 Å². The first-order valence-electron chi connectivity index (χ1n) is 14.8. The van der Waals surface area contributed by atoms with Crippen molar-refractivity contribution in [2.24, 2.45) is 10.9 Å². The van der Waals surface area contributed by atoms with Crippen LogP contribution in [-0.2, 0) is 4.79 Å². The van der Waals surface area contributed by atoms with Crippen molar-refractivity contribution in [2.75, 3.05) is 31.6 Å². The molecule has 212 valence electrons. The molecule has 8 nitrogen and oxygen atoms in total. The molecule has 1 amide bonds. The van der Waals surface area contributed by atoms with Crippen molar-refractivity contribution in [3.8, 4) is 5.75 Å². The SMILES string of the molecule is COc1ccc2cc([C@@H]3c4cn(C(C)C)c5cccc(c45)N=C4CN(C(C)=O)[C@@H](O)[C@@H]43)c(N3CCCCC3)nc2c1. The molecule has 0 aliphatic carbocycles. The van der Waals surface area contributed by atoms with Crippen LogP contribution in [0, 0.1) is 5.92 Å². The molecule has 7 rings (SSSR count). The third-order valence-corrected chi connectivity index (χ3v) is 9.17. The van der Waals surface area contributed by atoms with E-state index >= 15 is 0 Å². The molecule has 3 aliphatic heterocycles. The number of hydrogen-bond acceptors (Lipinski definition) is 6. The topological polar surface area (TPSA) is 83.2 Å². The molecular weight excluding hydrogens is 514 g/mol. The van der Waals surface area contributed by atoms with E-state index in [0.29, 0.717) is 6.54 Å². The molecular formula is C33H37N5O3. The number of amides is 1.